The molecule has 1 aromatic rings. The van der Waals surface area contributed by atoms with Crippen LogP contribution in [0.2, 0.25) is 0 Å². The van der Waals surface area contributed by atoms with E-state index in [0.29, 0.717) is 11.3 Å². The maximum atomic E-state index is 11.7. The molecule has 0 aliphatic carbocycles. The number of nitrogens with zero attached hydrogens (tertiary/aromatic N) is 2. The number of piperidine rings is 1. The summed E-state index contributed by atoms with van der Waals surface area (Å²) in [5.41, 5.74) is 0. The van der Waals surface area contributed by atoms with Crippen LogP contribution < -0.4 is 21.1 Å². The molecule has 2 amide bonds. The maximum Gasteiger partial charge on any atom is 0.321 e. The minimum absolute atomic E-state index is 0.0930. The molecule has 1 saturated heterocycles. The Morgan fingerprint density at radius 2 is 2.05 bits per heavy atom. The van der Waals surface area contributed by atoms with Gasteiger partial charge in [0.1, 0.15) is 0 Å². The Morgan fingerprint density at radius 1 is 1.37 bits per heavy atom. The predicted octanol–water partition coefficient (Wildman–Crippen LogP) is -0.941. The summed E-state index contributed by atoms with van der Waals surface area (Å²) < 4.78 is 21.7. The Bertz CT molecular complexity index is 551. The van der Waals surface area contributed by atoms with Crippen LogP contribution in [-0.2, 0) is 10.0 Å². The zero-order valence-electron chi connectivity index (χ0n) is 9.92. The second kappa shape index (κ2) is 5.77. The van der Waals surface area contributed by atoms with E-state index in [4.69, 9.17) is 5.14 Å². The average molecular weight is 306 g/mol. The number of hydrogen-bond acceptors (Lipinski definition) is 7. The fraction of sp³-hybridized carbons (Fsp3) is 0.625. The van der Waals surface area contributed by atoms with Crippen molar-refractivity contribution in [3.05, 3.63) is 0 Å². The molecule has 1 fully saturated rings. The van der Waals surface area contributed by atoms with Crippen LogP contribution >= 0.6 is 11.3 Å². The van der Waals surface area contributed by atoms with E-state index >= 15 is 0 Å². The number of aromatic nitrogens is 2. The Hall–Kier alpha value is -1.30. The van der Waals surface area contributed by atoms with Crippen LogP contribution in [0, 0.1) is 0 Å². The molecule has 2 rings (SSSR count). The van der Waals surface area contributed by atoms with E-state index in [0.717, 1.165) is 25.9 Å². The van der Waals surface area contributed by atoms with Crippen molar-refractivity contribution in [2.75, 3.05) is 18.4 Å². The molecular weight excluding hydrogens is 292 g/mol. The number of rotatable bonds is 3. The second-order valence-corrected chi connectivity index (χ2v) is 6.75. The minimum Gasteiger partial charge on any atom is -0.335 e. The van der Waals surface area contributed by atoms with Gasteiger partial charge in [-0.3, -0.25) is 5.32 Å². The summed E-state index contributed by atoms with van der Waals surface area (Å²) in [5.74, 6) is 0. The number of anilines is 1. The van der Waals surface area contributed by atoms with Crippen molar-refractivity contribution in [3.8, 4) is 0 Å². The monoisotopic (exact) mass is 306 g/mol. The number of amides is 2. The van der Waals surface area contributed by atoms with E-state index in [-0.39, 0.29) is 15.5 Å². The molecule has 1 aliphatic heterocycles. The van der Waals surface area contributed by atoms with Gasteiger partial charge in [-0.15, -0.1) is 10.2 Å². The van der Waals surface area contributed by atoms with Gasteiger partial charge in [-0.1, -0.05) is 11.3 Å². The highest BCUT2D eigenvalue weighted by Crippen LogP contribution is 2.18. The molecule has 106 valence electrons. The topological polar surface area (TPSA) is 139 Å². The first-order chi connectivity index (χ1) is 8.95. The van der Waals surface area contributed by atoms with Gasteiger partial charge in [0.15, 0.2) is 0 Å². The van der Waals surface area contributed by atoms with Crippen LogP contribution in [0.5, 0.6) is 0 Å². The van der Waals surface area contributed by atoms with Crippen molar-refractivity contribution in [2.24, 2.45) is 5.14 Å². The Kier molecular flexibility index (Phi) is 4.29. The quantitative estimate of drug-likeness (QED) is 0.531. The van der Waals surface area contributed by atoms with Gasteiger partial charge in [-0.2, -0.15) is 0 Å². The number of hydrogen-bond donors (Lipinski definition) is 4. The molecule has 11 heteroatoms. The van der Waals surface area contributed by atoms with E-state index in [2.05, 4.69) is 26.1 Å². The third-order valence-electron chi connectivity index (χ3n) is 2.54. The summed E-state index contributed by atoms with van der Waals surface area (Å²) in [5, 5.41) is 20.3. The standard InChI is InChI=1S/C8H14N6O3S2/c9-19(16,17)8-14-13-7(18-8)12-6(15)11-5-1-3-10-4-2-5/h5,10H,1-4H2,(H2,9,16,17)(H2,11,12,13,15). The lowest BCUT2D eigenvalue weighted by atomic mass is 10.1. The zero-order chi connectivity index (χ0) is 13.9. The lowest BCUT2D eigenvalue weighted by molar-refractivity contribution is 0.245. The molecule has 0 atom stereocenters. The molecular formula is C8H14N6O3S2. The summed E-state index contributed by atoms with van der Waals surface area (Å²) >= 11 is 0.711. The SMILES string of the molecule is NS(=O)(=O)c1nnc(NC(=O)NC2CCNCC2)s1. The van der Waals surface area contributed by atoms with E-state index in [1.54, 1.807) is 0 Å². The normalized spacial score (nSPS) is 17.1. The van der Waals surface area contributed by atoms with Gasteiger partial charge >= 0.3 is 6.03 Å². The van der Waals surface area contributed by atoms with Gasteiger partial charge in [0, 0.05) is 6.04 Å². The molecule has 0 radical (unpaired) electrons. The number of urea groups is 1. The number of carbonyl (C=O) groups excluding carboxylic acids is 1. The van der Waals surface area contributed by atoms with Gasteiger partial charge in [0.05, 0.1) is 0 Å². The summed E-state index contributed by atoms with van der Waals surface area (Å²) in [6.45, 7) is 1.72. The Morgan fingerprint density at radius 3 is 2.63 bits per heavy atom. The lowest BCUT2D eigenvalue weighted by Gasteiger charge is -2.23. The van der Waals surface area contributed by atoms with Crippen molar-refractivity contribution in [3.63, 3.8) is 0 Å². The summed E-state index contributed by atoms with van der Waals surface area (Å²) in [4.78, 5) is 11.7. The van der Waals surface area contributed by atoms with Crippen molar-refractivity contribution in [2.45, 2.75) is 23.2 Å². The molecule has 1 aliphatic rings. The highest BCUT2D eigenvalue weighted by molar-refractivity contribution is 7.91. The zero-order valence-corrected chi connectivity index (χ0v) is 11.6. The van der Waals surface area contributed by atoms with Crippen molar-refractivity contribution in [1.82, 2.24) is 20.8 Å². The first kappa shape index (κ1) is 14.1. The molecule has 0 unspecified atom stereocenters. The maximum absolute atomic E-state index is 11.7. The van der Waals surface area contributed by atoms with Gasteiger partial charge in [-0.05, 0) is 25.9 Å². The summed E-state index contributed by atoms with van der Waals surface area (Å²) in [6.07, 6.45) is 1.71. The molecule has 0 bridgehead atoms. The average Bonchev–Trinajstić information content (AvgIpc) is 2.78. The van der Waals surface area contributed by atoms with Crippen molar-refractivity contribution in [1.29, 1.82) is 0 Å². The van der Waals surface area contributed by atoms with Crippen molar-refractivity contribution < 1.29 is 13.2 Å². The van der Waals surface area contributed by atoms with Crippen LogP contribution in [0.1, 0.15) is 12.8 Å². The molecule has 9 nitrogen and oxygen atoms in total. The molecule has 0 saturated carbocycles. The third kappa shape index (κ3) is 4.09. The molecule has 0 aromatic carbocycles. The van der Waals surface area contributed by atoms with Crippen LogP contribution in [0.4, 0.5) is 9.93 Å². The molecule has 2 heterocycles. The molecule has 19 heavy (non-hydrogen) atoms. The van der Waals surface area contributed by atoms with Crippen molar-refractivity contribution >= 4 is 32.5 Å². The number of nitrogens with one attached hydrogen (secondary N) is 3. The van der Waals surface area contributed by atoms with E-state index in [9.17, 15) is 13.2 Å². The third-order valence-corrected chi connectivity index (χ3v) is 4.69. The fourth-order valence-corrected chi connectivity index (χ4v) is 2.99. The van der Waals surface area contributed by atoms with E-state index in [1.165, 1.54) is 0 Å². The predicted molar refractivity (Wildman–Crippen MR) is 69.3 cm³/mol. The van der Waals surface area contributed by atoms with E-state index in [1.807, 2.05) is 0 Å². The Labute approximate surface area is 114 Å². The number of primary sulfonamides is 1. The van der Waals surface area contributed by atoms with Crippen LogP contribution in [0.25, 0.3) is 0 Å². The Balaban J connectivity index is 1.90. The summed E-state index contributed by atoms with van der Waals surface area (Å²) in [6, 6.07) is -0.323. The summed E-state index contributed by atoms with van der Waals surface area (Å²) in [7, 11) is -3.88. The first-order valence-electron chi connectivity index (χ1n) is 5.60. The highest BCUT2D eigenvalue weighted by Gasteiger charge is 2.18. The molecule has 0 spiro atoms. The number of sulfonamides is 1. The lowest BCUT2D eigenvalue weighted by Crippen LogP contribution is -2.44. The number of nitrogens with two attached hydrogens (primary N) is 1. The highest BCUT2D eigenvalue weighted by atomic mass is 32.2. The minimum atomic E-state index is -3.88. The van der Waals surface area contributed by atoms with Crippen LogP contribution in [-0.4, -0.2) is 43.8 Å². The van der Waals surface area contributed by atoms with Crippen LogP contribution in [0.3, 0.4) is 0 Å². The van der Waals surface area contributed by atoms with Gasteiger partial charge in [-0.25, -0.2) is 18.4 Å². The first-order valence-corrected chi connectivity index (χ1v) is 7.96. The smallest absolute Gasteiger partial charge is 0.321 e. The second-order valence-electron chi connectivity index (χ2n) is 4.04. The van der Waals surface area contributed by atoms with Gasteiger partial charge < -0.3 is 10.6 Å². The number of carbonyl (C=O) groups is 1. The van der Waals surface area contributed by atoms with Gasteiger partial charge in [0.2, 0.25) is 9.47 Å². The fourth-order valence-electron chi connectivity index (χ4n) is 1.66. The largest absolute Gasteiger partial charge is 0.335 e. The van der Waals surface area contributed by atoms with Crippen LogP contribution in [0.15, 0.2) is 4.34 Å². The molecule has 1 aromatic heterocycles. The molecule has 5 N–H and O–H groups in total. The van der Waals surface area contributed by atoms with E-state index < -0.39 is 16.1 Å². The van der Waals surface area contributed by atoms with Gasteiger partial charge in [0.25, 0.3) is 10.0 Å².